The lowest BCUT2D eigenvalue weighted by Crippen LogP contribution is -2.63. The SMILES string of the molecule is C[C@@H](CS(=O)(=O)Cn1ncnn1)[C@H]1C(=O)N2C(C(=O)O)=C(SC3CNC(C(=O)N4CC[C@@H](N)C4)C3)[C@H](C)[C@H]12. The van der Waals surface area contributed by atoms with Gasteiger partial charge in [-0.2, -0.15) is 0 Å². The van der Waals surface area contributed by atoms with Gasteiger partial charge in [-0.05, 0) is 24.0 Å². The number of sulfone groups is 1. The van der Waals surface area contributed by atoms with Crippen molar-refractivity contribution in [3.8, 4) is 0 Å². The number of tetrazole rings is 1. The average Bonchev–Trinajstić information content (AvgIpc) is 3.62. The van der Waals surface area contributed by atoms with Gasteiger partial charge in [-0.15, -0.1) is 26.8 Å². The fourth-order valence-electron chi connectivity index (χ4n) is 6.12. The number of carboxylic acid groups (broad SMARTS) is 1. The molecule has 3 saturated heterocycles. The summed E-state index contributed by atoms with van der Waals surface area (Å²) in [6.45, 7) is 5.31. The van der Waals surface area contributed by atoms with Gasteiger partial charge in [-0.25, -0.2) is 13.2 Å². The van der Waals surface area contributed by atoms with Gasteiger partial charge < -0.3 is 26.0 Å². The number of aromatic nitrogens is 4. The summed E-state index contributed by atoms with van der Waals surface area (Å²) >= 11 is 1.40. The van der Waals surface area contributed by atoms with E-state index in [1.165, 1.54) is 16.7 Å². The first-order valence-electron chi connectivity index (χ1n) is 12.6. The summed E-state index contributed by atoms with van der Waals surface area (Å²) in [5.74, 6) is -3.67. The molecule has 0 spiro atoms. The number of thioether (sulfide) groups is 1. The minimum atomic E-state index is -3.64. The Morgan fingerprint density at radius 2 is 2.13 bits per heavy atom. The largest absolute Gasteiger partial charge is 0.477 e. The molecule has 4 aliphatic rings. The highest BCUT2D eigenvalue weighted by Gasteiger charge is 2.60. The number of carboxylic acids is 1. The summed E-state index contributed by atoms with van der Waals surface area (Å²) in [7, 11) is -3.64. The van der Waals surface area contributed by atoms with Crippen LogP contribution >= 0.6 is 11.8 Å². The van der Waals surface area contributed by atoms with Crippen LogP contribution in [0.4, 0.5) is 0 Å². The van der Waals surface area contributed by atoms with Gasteiger partial charge in [0, 0.05) is 41.7 Å². The van der Waals surface area contributed by atoms with Gasteiger partial charge in [-0.1, -0.05) is 13.8 Å². The van der Waals surface area contributed by atoms with Crippen LogP contribution in [-0.2, 0) is 30.1 Å². The van der Waals surface area contributed by atoms with Crippen LogP contribution in [0.3, 0.4) is 0 Å². The number of carbonyl (C=O) groups is 3. The molecule has 4 N–H and O–H groups in total. The molecule has 1 aromatic heterocycles. The van der Waals surface area contributed by atoms with Crippen molar-refractivity contribution in [2.75, 3.05) is 25.4 Å². The van der Waals surface area contributed by atoms with Crippen LogP contribution < -0.4 is 11.1 Å². The molecule has 2 unspecified atom stereocenters. The zero-order valence-electron chi connectivity index (χ0n) is 21.1. The molecule has 14 nitrogen and oxygen atoms in total. The van der Waals surface area contributed by atoms with E-state index in [-0.39, 0.29) is 46.5 Å². The predicted molar refractivity (Wildman–Crippen MR) is 136 cm³/mol. The minimum absolute atomic E-state index is 0.000218. The number of carbonyl (C=O) groups excluding carboxylic acids is 2. The Kier molecular flexibility index (Phi) is 7.26. The molecule has 2 amide bonds. The van der Waals surface area contributed by atoms with Crippen LogP contribution in [0.5, 0.6) is 0 Å². The minimum Gasteiger partial charge on any atom is -0.477 e. The summed E-state index contributed by atoms with van der Waals surface area (Å²) in [6.07, 6.45) is 2.47. The molecule has 3 fully saturated rings. The Morgan fingerprint density at radius 1 is 1.37 bits per heavy atom. The highest BCUT2D eigenvalue weighted by molar-refractivity contribution is 8.03. The number of hydrogen-bond acceptors (Lipinski definition) is 11. The van der Waals surface area contributed by atoms with Crippen molar-refractivity contribution in [2.45, 2.75) is 55.9 Å². The van der Waals surface area contributed by atoms with Gasteiger partial charge in [0.1, 0.15) is 5.70 Å². The number of nitrogens with zero attached hydrogens (tertiary/aromatic N) is 6. The molecule has 0 radical (unpaired) electrons. The smallest absolute Gasteiger partial charge is 0.353 e. The van der Waals surface area contributed by atoms with Gasteiger partial charge in [0.05, 0.1) is 23.8 Å². The molecule has 1 aromatic rings. The number of β-lactam (4-membered cyclic amide) rings is 1. The third kappa shape index (κ3) is 4.94. The zero-order valence-corrected chi connectivity index (χ0v) is 22.8. The number of fused-ring (bicyclic) bond motifs is 1. The standard InChI is InChI=1S/C22H32N8O6S2/c1-11(8-38(35,36)10-29-26-9-25-27-29)16-17-12(2)19(18(22(33)34)30(17)21(16)32)37-14-5-15(24-6-14)20(31)28-4-3-13(23)7-28/h9,11-17,24H,3-8,10,23H2,1-2H3,(H,33,34)/t11-,12+,13+,14?,15?,16+,17+/m0/s1. The van der Waals surface area contributed by atoms with Crippen LogP contribution in [0.15, 0.2) is 16.9 Å². The van der Waals surface area contributed by atoms with Gasteiger partial charge in [-0.3, -0.25) is 9.59 Å². The van der Waals surface area contributed by atoms with Crippen molar-refractivity contribution < 1.29 is 27.9 Å². The van der Waals surface area contributed by atoms with E-state index in [1.54, 1.807) is 11.8 Å². The monoisotopic (exact) mass is 568 g/mol. The molecule has 0 aliphatic carbocycles. The maximum atomic E-state index is 13.2. The van der Waals surface area contributed by atoms with Crippen molar-refractivity contribution in [1.82, 2.24) is 35.3 Å². The van der Waals surface area contributed by atoms with Gasteiger partial charge >= 0.3 is 5.97 Å². The molecule has 0 bridgehead atoms. The van der Waals surface area contributed by atoms with Crippen LogP contribution in [0.1, 0.15) is 26.7 Å². The maximum absolute atomic E-state index is 13.2. The second-order valence-electron chi connectivity index (χ2n) is 10.6. The van der Waals surface area contributed by atoms with Crippen LogP contribution in [-0.4, -0.2) is 110 Å². The number of nitrogens with one attached hydrogen (secondary N) is 1. The Labute approximate surface area is 224 Å². The van der Waals surface area contributed by atoms with Crippen LogP contribution in [0, 0.1) is 17.8 Å². The highest BCUT2D eigenvalue weighted by atomic mass is 32.2. The molecule has 0 saturated carbocycles. The molecule has 5 heterocycles. The molecule has 38 heavy (non-hydrogen) atoms. The molecule has 5 rings (SSSR count). The summed E-state index contributed by atoms with van der Waals surface area (Å²) in [6, 6.07) is -0.775. The Balaban J connectivity index is 1.25. The van der Waals surface area contributed by atoms with E-state index in [0.717, 1.165) is 17.5 Å². The van der Waals surface area contributed by atoms with Crippen molar-refractivity contribution >= 4 is 39.4 Å². The van der Waals surface area contributed by atoms with Crippen molar-refractivity contribution in [2.24, 2.45) is 23.5 Å². The van der Waals surface area contributed by atoms with E-state index in [9.17, 15) is 27.9 Å². The first kappa shape index (κ1) is 27.0. The van der Waals surface area contributed by atoms with E-state index in [0.29, 0.717) is 31.0 Å². The Morgan fingerprint density at radius 3 is 2.76 bits per heavy atom. The third-order valence-corrected chi connectivity index (χ3v) is 11.0. The number of amides is 2. The zero-order chi connectivity index (χ0) is 27.4. The predicted octanol–water partition coefficient (Wildman–Crippen LogP) is -1.52. The third-order valence-electron chi connectivity index (χ3n) is 7.84. The summed E-state index contributed by atoms with van der Waals surface area (Å²) in [5.41, 5.74) is 5.91. The van der Waals surface area contributed by atoms with Crippen LogP contribution in [0.25, 0.3) is 0 Å². The van der Waals surface area contributed by atoms with Gasteiger partial charge in [0.15, 0.2) is 22.0 Å². The number of aliphatic carboxylic acids is 1. The van der Waals surface area contributed by atoms with E-state index in [1.807, 2.05) is 6.92 Å². The van der Waals surface area contributed by atoms with Crippen molar-refractivity contribution in [1.29, 1.82) is 0 Å². The van der Waals surface area contributed by atoms with E-state index >= 15 is 0 Å². The van der Waals surface area contributed by atoms with Gasteiger partial charge in [0.2, 0.25) is 11.8 Å². The van der Waals surface area contributed by atoms with E-state index in [4.69, 9.17) is 5.73 Å². The number of nitrogens with two attached hydrogens (primary N) is 1. The van der Waals surface area contributed by atoms with Crippen molar-refractivity contribution in [3.63, 3.8) is 0 Å². The normalized spacial score (nSPS) is 32.0. The highest BCUT2D eigenvalue weighted by Crippen LogP contribution is 2.53. The van der Waals surface area contributed by atoms with Crippen LogP contribution in [0.2, 0.25) is 0 Å². The molecular weight excluding hydrogens is 536 g/mol. The molecule has 7 atom stereocenters. The van der Waals surface area contributed by atoms with E-state index < -0.39 is 39.6 Å². The molecule has 208 valence electrons. The average molecular weight is 569 g/mol. The number of likely N-dealkylation sites (tertiary alicyclic amines) is 1. The summed E-state index contributed by atoms with van der Waals surface area (Å²) in [5, 5.41) is 24.1. The fraction of sp³-hybridized carbons (Fsp3) is 0.727. The van der Waals surface area contributed by atoms with Gasteiger partial charge in [0.25, 0.3) is 0 Å². The Bertz CT molecular complexity index is 1250. The quantitative estimate of drug-likeness (QED) is 0.292. The second kappa shape index (κ2) is 10.2. The van der Waals surface area contributed by atoms with E-state index in [2.05, 4.69) is 20.7 Å². The number of rotatable bonds is 9. The lowest BCUT2D eigenvalue weighted by Gasteiger charge is -2.47. The maximum Gasteiger partial charge on any atom is 0.353 e. The Hall–Kier alpha value is -2.56. The fourth-order valence-corrected chi connectivity index (χ4v) is 9.18. The molecule has 0 aromatic carbocycles. The lowest BCUT2D eigenvalue weighted by atomic mass is 9.75. The topological polar surface area (TPSA) is 194 Å². The lowest BCUT2D eigenvalue weighted by molar-refractivity contribution is -0.159. The molecular formula is C22H32N8O6S2. The number of hydrogen-bond donors (Lipinski definition) is 3. The summed E-state index contributed by atoms with van der Waals surface area (Å²) in [4.78, 5) is 43.0. The summed E-state index contributed by atoms with van der Waals surface area (Å²) < 4.78 is 25.4. The first-order valence-corrected chi connectivity index (χ1v) is 15.3. The van der Waals surface area contributed by atoms with Crippen molar-refractivity contribution in [3.05, 3.63) is 16.9 Å². The molecule has 4 aliphatic heterocycles. The second-order valence-corrected chi connectivity index (χ2v) is 14.0. The first-order chi connectivity index (χ1) is 18.0. The molecule has 16 heteroatoms.